The second-order valence-corrected chi connectivity index (χ2v) is 5.31. The summed E-state index contributed by atoms with van der Waals surface area (Å²) in [5, 5.41) is 7.63. The highest BCUT2D eigenvalue weighted by Crippen LogP contribution is 2.11. The summed E-state index contributed by atoms with van der Waals surface area (Å²) in [4.78, 5) is 23.1. The molecule has 0 bridgehead atoms. The number of hydrogen-bond acceptors (Lipinski definition) is 7. The molecule has 0 amide bonds. The van der Waals surface area contributed by atoms with Crippen LogP contribution in [0.25, 0.3) is 0 Å². The first-order chi connectivity index (χ1) is 9.78. The van der Waals surface area contributed by atoms with Gasteiger partial charge in [-0.3, -0.25) is 4.79 Å². The molecule has 8 heteroatoms. The zero-order valence-electron chi connectivity index (χ0n) is 13.0. The second-order valence-electron chi connectivity index (χ2n) is 5.31. The number of esters is 2. The standard InChI is InChI=1S/C13H21N3O5/c1-13(2,3)21-7-6-16-9(8-10(17)19-4)11(14-15-16)12(18)20-5/h6-8H2,1-5H3. The molecule has 0 saturated carbocycles. The van der Waals surface area contributed by atoms with E-state index in [2.05, 4.69) is 19.8 Å². The molecule has 0 N–H and O–H groups in total. The van der Waals surface area contributed by atoms with Crippen LogP contribution in [0.5, 0.6) is 0 Å². The molecule has 0 saturated heterocycles. The topological polar surface area (TPSA) is 92.5 Å². The van der Waals surface area contributed by atoms with E-state index >= 15 is 0 Å². The van der Waals surface area contributed by atoms with E-state index in [0.717, 1.165) is 0 Å². The van der Waals surface area contributed by atoms with Gasteiger partial charge in [-0.1, -0.05) is 5.21 Å². The van der Waals surface area contributed by atoms with Gasteiger partial charge in [-0.25, -0.2) is 9.48 Å². The molecule has 21 heavy (non-hydrogen) atoms. The van der Waals surface area contributed by atoms with E-state index in [4.69, 9.17) is 4.74 Å². The monoisotopic (exact) mass is 299 g/mol. The summed E-state index contributed by atoms with van der Waals surface area (Å²) in [6.45, 7) is 6.55. The fourth-order valence-corrected chi connectivity index (χ4v) is 1.59. The molecule has 0 atom stereocenters. The molecule has 1 aromatic rings. The Kier molecular flexibility index (Phi) is 5.83. The van der Waals surface area contributed by atoms with Gasteiger partial charge < -0.3 is 14.2 Å². The Morgan fingerprint density at radius 2 is 1.86 bits per heavy atom. The molecule has 0 aliphatic carbocycles. The Morgan fingerprint density at radius 1 is 1.19 bits per heavy atom. The summed E-state index contributed by atoms with van der Waals surface area (Å²) in [6, 6.07) is 0. The second kappa shape index (κ2) is 7.16. The lowest BCUT2D eigenvalue weighted by atomic mass is 10.2. The van der Waals surface area contributed by atoms with Gasteiger partial charge >= 0.3 is 11.9 Å². The minimum Gasteiger partial charge on any atom is -0.469 e. The average Bonchev–Trinajstić information content (AvgIpc) is 2.79. The van der Waals surface area contributed by atoms with Crippen LogP contribution < -0.4 is 0 Å². The minimum absolute atomic E-state index is 0.0126. The lowest BCUT2D eigenvalue weighted by molar-refractivity contribution is -0.139. The zero-order chi connectivity index (χ0) is 16.0. The van der Waals surface area contributed by atoms with Crippen LogP contribution in [0.2, 0.25) is 0 Å². The lowest BCUT2D eigenvalue weighted by Crippen LogP contribution is -2.23. The minimum atomic E-state index is -0.642. The maximum absolute atomic E-state index is 11.6. The van der Waals surface area contributed by atoms with Crippen LogP contribution in [0, 0.1) is 0 Å². The zero-order valence-corrected chi connectivity index (χ0v) is 13.0. The largest absolute Gasteiger partial charge is 0.469 e. The van der Waals surface area contributed by atoms with Crippen LogP contribution in [0.1, 0.15) is 37.0 Å². The predicted molar refractivity (Wildman–Crippen MR) is 72.8 cm³/mol. The van der Waals surface area contributed by atoms with Crippen LogP contribution >= 0.6 is 0 Å². The third-order valence-corrected chi connectivity index (χ3v) is 2.59. The van der Waals surface area contributed by atoms with Crippen molar-refractivity contribution in [3.8, 4) is 0 Å². The molecule has 1 aromatic heterocycles. The molecule has 0 spiro atoms. The maximum Gasteiger partial charge on any atom is 0.360 e. The number of ether oxygens (including phenoxy) is 3. The van der Waals surface area contributed by atoms with E-state index in [9.17, 15) is 9.59 Å². The molecule has 1 rings (SSSR count). The van der Waals surface area contributed by atoms with Gasteiger partial charge in [-0.2, -0.15) is 0 Å². The molecule has 0 aliphatic rings. The van der Waals surface area contributed by atoms with Gasteiger partial charge in [0.15, 0.2) is 5.69 Å². The summed E-state index contributed by atoms with van der Waals surface area (Å²) in [6.07, 6.45) is -0.108. The molecule has 1 heterocycles. The highest BCUT2D eigenvalue weighted by Gasteiger charge is 2.23. The quantitative estimate of drug-likeness (QED) is 0.710. The third kappa shape index (κ3) is 5.14. The van der Waals surface area contributed by atoms with E-state index in [-0.39, 0.29) is 17.7 Å². The van der Waals surface area contributed by atoms with Gasteiger partial charge in [-0.15, -0.1) is 5.10 Å². The highest BCUT2D eigenvalue weighted by atomic mass is 16.5. The molecule has 0 unspecified atom stereocenters. The van der Waals surface area contributed by atoms with Crippen LogP contribution in [0.4, 0.5) is 0 Å². The molecule has 118 valence electrons. The fourth-order valence-electron chi connectivity index (χ4n) is 1.59. The van der Waals surface area contributed by atoms with Crippen molar-refractivity contribution in [2.24, 2.45) is 0 Å². The SMILES string of the molecule is COC(=O)Cc1c(C(=O)OC)nnn1CCOC(C)(C)C. The van der Waals surface area contributed by atoms with Crippen molar-refractivity contribution in [3.05, 3.63) is 11.4 Å². The normalized spacial score (nSPS) is 11.3. The van der Waals surface area contributed by atoms with E-state index in [1.165, 1.54) is 18.9 Å². The smallest absolute Gasteiger partial charge is 0.360 e. The Morgan fingerprint density at radius 3 is 2.38 bits per heavy atom. The van der Waals surface area contributed by atoms with E-state index in [1.54, 1.807) is 0 Å². The first-order valence-corrected chi connectivity index (χ1v) is 6.50. The van der Waals surface area contributed by atoms with Crippen molar-refractivity contribution in [2.75, 3.05) is 20.8 Å². The first kappa shape index (κ1) is 17.1. The average molecular weight is 299 g/mol. The van der Waals surface area contributed by atoms with Crippen molar-refractivity contribution in [1.82, 2.24) is 15.0 Å². The fraction of sp³-hybridized carbons (Fsp3) is 0.692. The summed E-state index contributed by atoms with van der Waals surface area (Å²) >= 11 is 0. The van der Waals surface area contributed by atoms with Crippen LogP contribution in [0.3, 0.4) is 0 Å². The molecule has 0 radical (unpaired) electrons. The third-order valence-electron chi connectivity index (χ3n) is 2.59. The Bertz CT molecular complexity index is 504. The Balaban J connectivity index is 2.89. The van der Waals surface area contributed by atoms with Crippen LogP contribution in [-0.4, -0.2) is 53.4 Å². The number of carbonyl (C=O) groups is 2. The number of aromatic nitrogens is 3. The van der Waals surface area contributed by atoms with Gasteiger partial charge in [0.25, 0.3) is 0 Å². The van der Waals surface area contributed by atoms with Crippen LogP contribution in [-0.2, 0) is 32.0 Å². The molecule has 8 nitrogen and oxygen atoms in total. The summed E-state index contributed by atoms with van der Waals surface area (Å²) in [5.41, 5.74) is 0.0822. The molecular weight excluding hydrogens is 278 g/mol. The van der Waals surface area contributed by atoms with E-state index < -0.39 is 11.9 Å². The van der Waals surface area contributed by atoms with Crippen molar-refractivity contribution >= 4 is 11.9 Å². The number of hydrogen-bond donors (Lipinski definition) is 0. The Hall–Kier alpha value is -1.96. The molecule has 0 aliphatic heterocycles. The van der Waals surface area contributed by atoms with Gasteiger partial charge in [0, 0.05) is 0 Å². The summed E-state index contributed by atoms with van der Waals surface area (Å²) in [7, 11) is 2.52. The van der Waals surface area contributed by atoms with E-state index in [1.807, 2.05) is 20.8 Å². The highest BCUT2D eigenvalue weighted by molar-refractivity contribution is 5.89. The van der Waals surface area contributed by atoms with Gasteiger partial charge in [-0.05, 0) is 20.8 Å². The number of nitrogens with zero attached hydrogens (tertiary/aromatic N) is 3. The number of carbonyl (C=O) groups excluding carboxylic acids is 2. The van der Waals surface area contributed by atoms with Gasteiger partial charge in [0.05, 0.1) is 45.1 Å². The number of rotatable bonds is 6. The van der Waals surface area contributed by atoms with Crippen molar-refractivity contribution in [2.45, 2.75) is 39.3 Å². The summed E-state index contributed by atoms with van der Waals surface area (Å²) in [5.74, 6) is -1.13. The molecule has 0 fully saturated rings. The molecular formula is C13H21N3O5. The van der Waals surface area contributed by atoms with Crippen molar-refractivity contribution in [3.63, 3.8) is 0 Å². The Labute approximate surface area is 123 Å². The van der Waals surface area contributed by atoms with Crippen molar-refractivity contribution in [1.29, 1.82) is 0 Å². The molecule has 0 aromatic carbocycles. The lowest BCUT2D eigenvalue weighted by Gasteiger charge is -2.19. The van der Waals surface area contributed by atoms with Crippen molar-refractivity contribution < 1.29 is 23.8 Å². The van der Waals surface area contributed by atoms with Gasteiger partial charge in [0.1, 0.15) is 0 Å². The number of methoxy groups -OCH3 is 2. The van der Waals surface area contributed by atoms with Gasteiger partial charge in [0.2, 0.25) is 0 Å². The summed E-state index contributed by atoms with van der Waals surface area (Å²) < 4.78 is 16.3. The maximum atomic E-state index is 11.6. The predicted octanol–water partition coefficient (Wildman–Crippen LogP) is 0.595. The first-order valence-electron chi connectivity index (χ1n) is 6.50. The van der Waals surface area contributed by atoms with Crippen LogP contribution in [0.15, 0.2) is 0 Å². The van der Waals surface area contributed by atoms with E-state index in [0.29, 0.717) is 18.8 Å².